The van der Waals surface area contributed by atoms with Crippen LogP contribution in [0.2, 0.25) is 0 Å². The second kappa shape index (κ2) is 15.7. The Morgan fingerprint density at radius 3 is 0.844 bits per heavy atom. The third kappa shape index (κ3) is 10.5. The Labute approximate surface area is 268 Å². The van der Waals surface area contributed by atoms with Crippen LogP contribution >= 0.6 is 0 Å². The minimum absolute atomic E-state index is 0.0332. The van der Waals surface area contributed by atoms with E-state index in [1.54, 1.807) is 14.7 Å². The van der Waals surface area contributed by atoms with Gasteiger partial charge in [-0.15, -0.1) is 0 Å². The van der Waals surface area contributed by atoms with Crippen LogP contribution < -0.4 is 0 Å². The summed E-state index contributed by atoms with van der Waals surface area (Å²) in [5.74, 6) is 0.713. The van der Waals surface area contributed by atoms with Gasteiger partial charge in [0.25, 0.3) is 0 Å². The van der Waals surface area contributed by atoms with Crippen LogP contribution in [-0.4, -0.2) is 47.4 Å². The van der Waals surface area contributed by atoms with E-state index in [9.17, 15) is 14.4 Å². The molecule has 9 nitrogen and oxygen atoms in total. The SMILES string of the molecule is CC(C)CC(=O)N1Cc2cccc(n2)CN(C(=O)CC(C)C)Cc2cccc(n2)CN(C(=O)CC(C)C)Cc2cccc(n2)C1. The minimum Gasteiger partial charge on any atom is -0.331 e. The second-order valence-corrected chi connectivity index (χ2v) is 13.4. The molecule has 0 unspecified atom stereocenters. The summed E-state index contributed by atoms with van der Waals surface area (Å²) >= 11 is 0. The van der Waals surface area contributed by atoms with E-state index in [-0.39, 0.29) is 35.5 Å². The van der Waals surface area contributed by atoms with Gasteiger partial charge in [0.15, 0.2) is 0 Å². The maximum absolute atomic E-state index is 13.5. The fraction of sp³-hybridized carbons (Fsp3) is 0.500. The molecule has 1 aliphatic heterocycles. The van der Waals surface area contributed by atoms with E-state index in [4.69, 9.17) is 15.0 Å². The third-order valence-corrected chi connectivity index (χ3v) is 7.52. The summed E-state index contributed by atoms with van der Waals surface area (Å²) in [5.41, 5.74) is 4.52. The first-order valence-corrected chi connectivity index (χ1v) is 16.1. The average molecular weight is 613 g/mol. The van der Waals surface area contributed by atoms with Crippen LogP contribution in [0.4, 0.5) is 0 Å². The molecule has 1 aliphatic rings. The summed E-state index contributed by atoms with van der Waals surface area (Å²) < 4.78 is 0. The van der Waals surface area contributed by atoms with Crippen molar-refractivity contribution in [3.8, 4) is 0 Å². The molecule has 0 aliphatic carbocycles. The monoisotopic (exact) mass is 612 g/mol. The number of aromatic nitrogens is 3. The minimum atomic E-state index is 0.0332. The molecule has 45 heavy (non-hydrogen) atoms. The normalized spacial score (nSPS) is 14.5. The molecule has 9 heteroatoms. The van der Waals surface area contributed by atoms with Gasteiger partial charge in [0.05, 0.1) is 73.4 Å². The molecule has 240 valence electrons. The van der Waals surface area contributed by atoms with Gasteiger partial charge in [-0.1, -0.05) is 59.7 Å². The molecule has 0 spiro atoms. The van der Waals surface area contributed by atoms with Crippen molar-refractivity contribution in [3.63, 3.8) is 0 Å². The fourth-order valence-corrected chi connectivity index (χ4v) is 5.42. The number of carbonyl (C=O) groups is 3. The summed E-state index contributed by atoms with van der Waals surface area (Å²) in [4.78, 5) is 60.5. The van der Waals surface area contributed by atoms with Crippen molar-refractivity contribution in [2.45, 2.75) is 100 Å². The lowest BCUT2D eigenvalue weighted by atomic mass is 10.1. The maximum Gasteiger partial charge on any atom is 0.223 e. The van der Waals surface area contributed by atoms with Crippen molar-refractivity contribution >= 4 is 17.7 Å². The lowest BCUT2D eigenvalue weighted by Crippen LogP contribution is -2.34. The number of fused-ring (bicyclic) bond motifs is 6. The smallest absolute Gasteiger partial charge is 0.223 e. The molecule has 0 atom stereocenters. The zero-order valence-corrected chi connectivity index (χ0v) is 27.7. The molecule has 0 radical (unpaired) electrons. The summed E-state index contributed by atoms with van der Waals surface area (Å²) in [5, 5.41) is 0. The van der Waals surface area contributed by atoms with Crippen LogP contribution in [0.25, 0.3) is 0 Å². The van der Waals surface area contributed by atoms with E-state index >= 15 is 0 Å². The molecule has 3 aromatic heterocycles. The van der Waals surface area contributed by atoms with Crippen LogP contribution in [0.3, 0.4) is 0 Å². The molecule has 0 aromatic carbocycles. The van der Waals surface area contributed by atoms with Crippen molar-refractivity contribution in [2.24, 2.45) is 17.8 Å². The van der Waals surface area contributed by atoms with Gasteiger partial charge in [-0.05, 0) is 54.2 Å². The predicted octanol–water partition coefficient (Wildman–Crippen LogP) is 5.91. The van der Waals surface area contributed by atoms with E-state index in [1.165, 1.54) is 0 Å². The summed E-state index contributed by atoms with van der Waals surface area (Å²) in [6.07, 6.45) is 1.25. The van der Waals surface area contributed by atoms with Crippen molar-refractivity contribution in [1.29, 1.82) is 0 Å². The molecule has 4 rings (SSSR count). The van der Waals surface area contributed by atoms with Crippen LogP contribution in [0.15, 0.2) is 54.6 Å². The first-order chi connectivity index (χ1) is 21.4. The number of rotatable bonds is 6. The Balaban J connectivity index is 1.78. The number of amides is 3. The second-order valence-electron chi connectivity index (χ2n) is 13.4. The first-order valence-electron chi connectivity index (χ1n) is 16.1. The predicted molar refractivity (Wildman–Crippen MR) is 174 cm³/mol. The Kier molecular flexibility index (Phi) is 11.8. The standard InChI is InChI=1S/C36H48N6O3/c1-25(2)16-34(43)40-19-28-10-7-12-30(37-28)21-41(35(44)17-26(3)4)23-32-14-9-15-33(39-32)24-42(36(45)18-27(5)6)22-31-13-8-11-29(20-40)38-31/h7-15,25-27H,16-24H2,1-6H3. The quantitative estimate of drug-likeness (QED) is 0.343. The Hall–Kier alpha value is -4.14. The first kappa shape index (κ1) is 33.7. The molecule has 0 saturated heterocycles. The van der Waals surface area contributed by atoms with Gasteiger partial charge in [-0.2, -0.15) is 0 Å². The Morgan fingerprint density at radius 1 is 0.467 bits per heavy atom. The van der Waals surface area contributed by atoms with Gasteiger partial charge in [0.1, 0.15) is 0 Å². The highest BCUT2D eigenvalue weighted by atomic mass is 16.2. The lowest BCUT2D eigenvalue weighted by Gasteiger charge is -2.26. The zero-order valence-electron chi connectivity index (χ0n) is 27.7. The van der Waals surface area contributed by atoms with Gasteiger partial charge in [0, 0.05) is 19.3 Å². The van der Waals surface area contributed by atoms with Crippen molar-refractivity contribution in [3.05, 3.63) is 88.8 Å². The number of carbonyl (C=O) groups excluding carboxylic acids is 3. The Bertz CT molecular complexity index is 1230. The number of pyridine rings is 3. The zero-order chi connectivity index (χ0) is 32.5. The highest BCUT2D eigenvalue weighted by Gasteiger charge is 2.22. The number of nitrogens with zero attached hydrogens (tertiary/aromatic N) is 6. The molecule has 0 fully saturated rings. The van der Waals surface area contributed by atoms with E-state index < -0.39 is 0 Å². The number of hydrogen-bond acceptors (Lipinski definition) is 6. The van der Waals surface area contributed by atoms with E-state index in [1.807, 2.05) is 96.1 Å². The average Bonchev–Trinajstić information content (AvgIpc) is 2.95. The maximum atomic E-state index is 13.5. The number of hydrogen-bond donors (Lipinski definition) is 0. The highest BCUT2D eigenvalue weighted by molar-refractivity contribution is 5.77. The molecule has 6 bridgehead atoms. The van der Waals surface area contributed by atoms with Gasteiger partial charge in [-0.3, -0.25) is 29.3 Å². The van der Waals surface area contributed by atoms with Crippen LogP contribution in [0.1, 0.15) is 95.0 Å². The summed E-state index contributed by atoms with van der Waals surface area (Å²) in [7, 11) is 0. The van der Waals surface area contributed by atoms with Gasteiger partial charge in [0.2, 0.25) is 17.7 Å². The fourth-order valence-electron chi connectivity index (χ4n) is 5.42. The molecule has 0 saturated carbocycles. The largest absolute Gasteiger partial charge is 0.331 e. The van der Waals surface area contributed by atoms with Crippen LogP contribution in [0, 0.1) is 17.8 Å². The van der Waals surface area contributed by atoms with E-state index in [0.717, 1.165) is 34.2 Å². The van der Waals surface area contributed by atoms with Crippen LogP contribution in [0.5, 0.6) is 0 Å². The lowest BCUT2D eigenvalue weighted by molar-refractivity contribution is -0.134. The van der Waals surface area contributed by atoms with E-state index in [2.05, 4.69) is 0 Å². The molecule has 0 N–H and O–H groups in total. The van der Waals surface area contributed by atoms with Crippen molar-refractivity contribution < 1.29 is 14.4 Å². The van der Waals surface area contributed by atoms with Crippen LogP contribution in [-0.2, 0) is 53.7 Å². The highest BCUT2D eigenvalue weighted by Crippen LogP contribution is 2.18. The van der Waals surface area contributed by atoms with Gasteiger partial charge in [-0.25, -0.2) is 0 Å². The molecular formula is C36H48N6O3. The topological polar surface area (TPSA) is 99.6 Å². The van der Waals surface area contributed by atoms with Gasteiger partial charge >= 0.3 is 0 Å². The molecular weight excluding hydrogens is 564 g/mol. The third-order valence-electron chi connectivity index (χ3n) is 7.52. The summed E-state index contributed by atoms with van der Waals surface area (Å²) in [6, 6.07) is 17.3. The van der Waals surface area contributed by atoms with E-state index in [0.29, 0.717) is 58.5 Å². The van der Waals surface area contributed by atoms with Gasteiger partial charge < -0.3 is 14.7 Å². The molecule has 4 heterocycles. The Morgan fingerprint density at radius 2 is 0.667 bits per heavy atom. The molecule has 3 aromatic rings. The van der Waals surface area contributed by atoms with Crippen molar-refractivity contribution in [1.82, 2.24) is 29.7 Å². The summed E-state index contributed by atoms with van der Waals surface area (Å²) in [6.45, 7) is 14.2. The van der Waals surface area contributed by atoms with Crippen molar-refractivity contribution in [2.75, 3.05) is 0 Å². The molecule has 3 amide bonds.